The summed E-state index contributed by atoms with van der Waals surface area (Å²) in [5, 5.41) is 5.00. The monoisotopic (exact) mass is 332 g/mol. The van der Waals surface area contributed by atoms with Crippen molar-refractivity contribution in [2.45, 2.75) is 26.7 Å². The molecular formula is C21H20N2O2. The molecule has 2 aromatic rings. The summed E-state index contributed by atoms with van der Waals surface area (Å²) >= 11 is 0. The number of nitrogens with zero attached hydrogens (tertiary/aromatic N) is 2. The second kappa shape index (κ2) is 6.85. The Hall–Kier alpha value is -3.01. The lowest BCUT2D eigenvalue weighted by molar-refractivity contribution is 0.0660. The molecule has 0 N–H and O–H groups in total. The minimum Gasteiger partial charge on any atom is -0.267 e. The molecule has 0 atom stereocenters. The minimum atomic E-state index is -0.383. The molecule has 2 amide bonds. The first-order chi connectivity index (χ1) is 12.0. The maximum absolute atomic E-state index is 12.3. The second-order valence-electron chi connectivity index (χ2n) is 6.42. The molecule has 0 aliphatic carbocycles. The molecule has 0 bridgehead atoms. The van der Waals surface area contributed by atoms with Gasteiger partial charge in [-0.15, -0.1) is 0 Å². The number of rotatable bonds is 4. The van der Waals surface area contributed by atoms with Crippen LogP contribution in [0.4, 0.5) is 0 Å². The van der Waals surface area contributed by atoms with Crippen LogP contribution >= 0.6 is 0 Å². The Morgan fingerprint density at radius 2 is 1.52 bits per heavy atom. The van der Waals surface area contributed by atoms with Crippen molar-refractivity contribution >= 4 is 24.1 Å². The average Bonchev–Trinajstić information content (AvgIpc) is 2.85. The van der Waals surface area contributed by atoms with Crippen LogP contribution in [-0.4, -0.2) is 23.0 Å². The molecule has 1 heterocycles. The van der Waals surface area contributed by atoms with E-state index in [1.807, 2.05) is 13.0 Å². The van der Waals surface area contributed by atoms with Gasteiger partial charge in [0.1, 0.15) is 0 Å². The fraction of sp³-hybridized carbons (Fsp3) is 0.190. The maximum Gasteiger partial charge on any atom is 0.282 e. The van der Waals surface area contributed by atoms with Gasteiger partial charge in [-0.05, 0) is 41.7 Å². The zero-order valence-electron chi connectivity index (χ0n) is 14.6. The van der Waals surface area contributed by atoms with Crippen LogP contribution in [0.25, 0.3) is 6.08 Å². The SMILES string of the molecule is CC(C=NN1C(=O)c2ccccc2C1=O)=Cc1ccc(C(C)C)cc1. The number of benzene rings is 2. The van der Waals surface area contributed by atoms with Gasteiger partial charge < -0.3 is 0 Å². The maximum atomic E-state index is 12.3. The predicted molar refractivity (Wildman–Crippen MR) is 99.6 cm³/mol. The van der Waals surface area contributed by atoms with Crippen molar-refractivity contribution in [2.75, 3.05) is 0 Å². The van der Waals surface area contributed by atoms with Crippen molar-refractivity contribution < 1.29 is 9.59 Å². The van der Waals surface area contributed by atoms with Crippen LogP contribution < -0.4 is 0 Å². The zero-order chi connectivity index (χ0) is 18.0. The Balaban J connectivity index is 1.76. The van der Waals surface area contributed by atoms with Gasteiger partial charge in [0.25, 0.3) is 11.8 Å². The highest BCUT2D eigenvalue weighted by Crippen LogP contribution is 2.22. The predicted octanol–water partition coefficient (Wildman–Crippen LogP) is 4.50. The summed E-state index contributed by atoms with van der Waals surface area (Å²) in [5.41, 5.74) is 3.99. The molecule has 4 heteroatoms. The molecule has 0 spiro atoms. The fourth-order valence-corrected chi connectivity index (χ4v) is 2.71. The number of carbonyl (C=O) groups excluding carboxylic acids is 2. The quantitative estimate of drug-likeness (QED) is 0.611. The Morgan fingerprint density at radius 3 is 2.04 bits per heavy atom. The number of hydrogen-bond donors (Lipinski definition) is 0. The van der Waals surface area contributed by atoms with Crippen molar-refractivity contribution in [3.8, 4) is 0 Å². The molecular weight excluding hydrogens is 312 g/mol. The summed E-state index contributed by atoms with van der Waals surface area (Å²) in [6.45, 7) is 6.20. The lowest BCUT2D eigenvalue weighted by atomic mass is 10.0. The number of hydrazone groups is 1. The smallest absolute Gasteiger partial charge is 0.267 e. The van der Waals surface area contributed by atoms with E-state index in [2.05, 4.69) is 43.2 Å². The highest BCUT2D eigenvalue weighted by molar-refractivity contribution is 6.21. The van der Waals surface area contributed by atoms with E-state index in [0.717, 1.165) is 16.1 Å². The summed E-state index contributed by atoms with van der Waals surface area (Å²) in [4.78, 5) is 24.5. The molecule has 1 aliphatic heterocycles. The number of carbonyl (C=O) groups is 2. The minimum absolute atomic E-state index is 0.383. The Kier molecular flexibility index (Phi) is 4.61. The molecule has 1 aliphatic rings. The molecule has 25 heavy (non-hydrogen) atoms. The van der Waals surface area contributed by atoms with Crippen LogP contribution in [0.5, 0.6) is 0 Å². The highest BCUT2D eigenvalue weighted by atomic mass is 16.2. The van der Waals surface area contributed by atoms with Crippen LogP contribution in [0.3, 0.4) is 0 Å². The summed E-state index contributed by atoms with van der Waals surface area (Å²) in [7, 11) is 0. The lowest BCUT2D eigenvalue weighted by Gasteiger charge is -2.06. The number of allylic oxidation sites excluding steroid dienone is 1. The number of imide groups is 1. The van der Waals surface area contributed by atoms with E-state index in [1.54, 1.807) is 24.3 Å². The third-order valence-electron chi connectivity index (χ3n) is 4.15. The van der Waals surface area contributed by atoms with E-state index in [4.69, 9.17) is 0 Å². The van der Waals surface area contributed by atoms with E-state index >= 15 is 0 Å². The molecule has 2 aromatic carbocycles. The van der Waals surface area contributed by atoms with Crippen LogP contribution in [0, 0.1) is 0 Å². The van der Waals surface area contributed by atoms with Gasteiger partial charge in [-0.3, -0.25) is 9.59 Å². The summed E-state index contributed by atoms with van der Waals surface area (Å²) in [6, 6.07) is 15.1. The van der Waals surface area contributed by atoms with Gasteiger partial charge >= 0.3 is 0 Å². The number of amides is 2. The van der Waals surface area contributed by atoms with Gasteiger partial charge in [-0.25, -0.2) is 0 Å². The van der Waals surface area contributed by atoms with Gasteiger partial charge in [0.05, 0.1) is 17.3 Å². The fourth-order valence-electron chi connectivity index (χ4n) is 2.71. The third kappa shape index (κ3) is 3.43. The van der Waals surface area contributed by atoms with E-state index < -0.39 is 0 Å². The first-order valence-electron chi connectivity index (χ1n) is 8.27. The van der Waals surface area contributed by atoms with E-state index in [-0.39, 0.29) is 11.8 Å². The van der Waals surface area contributed by atoms with Crippen molar-refractivity contribution in [1.82, 2.24) is 5.01 Å². The Morgan fingerprint density at radius 1 is 0.960 bits per heavy atom. The van der Waals surface area contributed by atoms with Crippen LogP contribution in [0.2, 0.25) is 0 Å². The van der Waals surface area contributed by atoms with E-state index in [0.29, 0.717) is 17.0 Å². The van der Waals surface area contributed by atoms with E-state index in [1.165, 1.54) is 11.8 Å². The van der Waals surface area contributed by atoms with Gasteiger partial charge in [0, 0.05) is 0 Å². The lowest BCUT2D eigenvalue weighted by Crippen LogP contribution is -2.23. The topological polar surface area (TPSA) is 49.7 Å². The summed E-state index contributed by atoms with van der Waals surface area (Å²) < 4.78 is 0. The van der Waals surface area contributed by atoms with Crippen molar-refractivity contribution in [2.24, 2.45) is 5.10 Å². The molecule has 4 nitrogen and oxygen atoms in total. The van der Waals surface area contributed by atoms with Crippen molar-refractivity contribution in [3.63, 3.8) is 0 Å². The summed E-state index contributed by atoms with van der Waals surface area (Å²) in [6.07, 6.45) is 3.50. The van der Waals surface area contributed by atoms with Gasteiger partial charge in [0.2, 0.25) is 0 Å². The molecule has 0 saturated heterocycles. The zero-order valence-corrected chi connectivity index (χ0v) is 14.6. The second-order valence-corrected chi connectivity index (χ2v) is 6.42. The molecule has 3 rings (SSSR count). The van der Waals surface area contributed by atoms with Gasteiger partial charge in [-0.2, -0.15) is 10.1 Å². The Bertz CT molecular complexity index is 842. The number of hydrogen-bond acceptors (Lipinski definition) is 3. The van der Waals surface area contributed by atoms with Crippen molar-refractivity contribution in [1.29, 1.82) is 0 Å². The standard InChI is InChI=1S/C21H20N2O2/c1-14(2)17-10-8-16(9-11-17)12-15(3)13-22-23-20(24)18-6-4-5-7-19(18)21(23)25/h4-14H,1-3H3. The third-order valence-corrected chi connectivity index (χ3v) is 4.15. The molecule has 0 fully saturated rings. The number of fused-ring (bicyclic) bond motifs is 1. The molecule has 126 valence electrons. The summed E-state index contributed by atoms with van der Waals surface area (Å²) in [5.74, 6) is -0.272. The molecule has 0 unspecified atom stereocenters. The van der Waals surface area contributed by atoms with Gasteiger partial charge in [0.15, 0.2) is 0 Å². The average molecular weight is 332 g/mol. The first kappa shape index (κ1) is 16.8. The van der Waals surface area contributed by atoms with Crippen LogP contribution in [0.1, 0.15) is 58.5 Å². The molecule has 0 aromatic heterocycles. The van der Waals surface area contributed by atoms with Gasteiger partial charge in [-0.1, -0.05) is 56.3 Å². The highest BCUT2D eigenvalue weighted by Gasteiger charge is 2.35. The van der Waals surface area contributed by atoms with E-state index in [9.17, 15) is 9.59 Å². The first-order valence-corrected chi connectivity index (χ1v) is 8.27. The van der Waals surface area contributed by atoms with Crippen molar-refractivity contribution in [3.05, 3.63) is 76.4 Å². The van der Waals surface area contributed by atoms with Crippen LogP contribution in [0.15, 0.2) is 59.2 Å². The van der Waals surface area contributed by atoms with Crippen LogP contribution in [-0.2, 0) is 0 Å². The normalized spacial score (nSPS) is 14.7. The molecule has 0 saturated carbocycles. The Labute approximate surface area is 147 Å². The largest absolute Gasteiger partial charge is 0.282 e. The molecule has 0 radical (unpaired) electrons.